The summed E-state index contributed by atoms with van der Waals surface area (Å²) in [6, 6.07) is 0. The van der Waals surface area contributed by atoms with Crippen molar-refractivity contribution < 1.29 is 27.7 Å². The molecule has 0 N–H and O–H groups in total. The highest BCUT2D eigenvalue weighted by Crippen LogP contribution is 2.55. The second kappa shape index (κ2) is 13.0. The molecule has 0 radical (unpaired) electrons. The second-order valence-electron chi connectivity index (χ2n) is 9.29. The van der Waals surface area contributed by atoms with Crippen LogP contribution in [0.4, 0.5) is 0 Å². The van der Waals surface area contributed by atoms with Gasteiger partial charge in [0, 0.05) is 6.42 Å². The Hall–Kier alpha value is -0.420. The number of phosphoric ester groups is 1. The first kappa shape index (κ1) is 27.6. The number of ether oxygens (including phenoxy) is 1. The smallest absolute Gasteiger partial charge is 0.463 e. The van der Waals surface area contributed by atoms with Gasteiger partial charge < -0.3 is 4.74 Å². The number of unbranched alkanes of at least 4 members (excludes halogenated alkanes) is 4. The average molecular weight is 423 g/mol. The number of hydrogen-bond acceptors (Lipinski definition) is 6. The summed E-state index contributed by atoms with van der Waals surface area (Å²) in [5.41, 5.74) is -1.31. The molecule has 0 heterocycles. The maximum atomic E-state index is 12.9. The SMILES string of the molecule is CCCCCCC(C)OC(=O)CCCCOP(=O)(OC(C)(C)C)OC(C)(C)C. The minimum Gasteiger partial charge on any atom is -0.463 e. The summed E-state index contributed by atoms with van der Waals surface area (Å²) in [5, 5.41) is 0. The van der Waals surface area contributed by atoms with Crippen molar-refractivity contribution in [2.24, 2.45) is 0 Å². The highest BCUT2D eigenvalue weighted by atomic mass is 31.2. The van der Waals surface area contributed by atoms with Gasteiger partial charge in [-0.05, 0) is 74.1 Å². The first-order valence-corrected chi connectivity index (χ1v) is 12.1. The zero-order valence-electron chi connectivity index (χ0n) is 19.3. The average Bonchev–Trinajstić information content (AvgIpc) is 2.47. The van der Waals surface area contributed by atoms with E-state index < -0.39 is 19.0 Å². The third kappa shape index (κ3) is 16.5. The summed E-state index contributed by atoms with van der Waals surface area (Å²) in [6.45, 7) is 15.1. The van der Waals surface area contributed by atoms with Gasteiger partial charge in [-0.15, -0.1) is 0 Å². The number of esters is 1. The molecule has 7 heteroatoms. The van der Waals surface area contributed by atoms with Crippen molar-refractivity contribution in [3.63, 3.8) is 0 Å². The van der Waals surface area contributed by atoms with E-state index in [1.807, 2.05) is 6.92 Å². The number of carbonyl (C=O) groups is 1. The predicted molar refractivity (Wildman–Crippen MR) is 113 cm³/mol. The van der Waals surface area contributed by atoms with Crippen LogP contribution >= 0.6 is 7.82 Å². The molecule has 0 saturated carbocycles. The van der Waals surface area contributed by atoms with E-state index in [1.54, 1.807) is 41.5 Å². The molecule has 0 fully saturated rings. The van der Waals surface area contributed by atoms with Gasteiger partial charge in [0.25, 0.3) is 0 Å². The topological polar surface area (TPSA) is 71.1 Å². The summed E-state index contributed by atoms with van der Waals surface area (Å²) in [5.74, 6) is -0.192. The Balaban J connectivity index is 4.18. The molecule has 0 aliphatic heterocycles. The first-order chi connectivity index (χ1) is 12.8. The lowest BCUT2D eigenvalue weighted by Gasteiger charge is -2.30. The van der Waals surface area contributed by atoms with Crippen LogP contribution in [0.2, 0.25) is 0 Å². The van der Waals surface area contributed by atoms with Crippen molar-refractivity contribution in [3.05, 3.63) is 0 Å². The number of phosphoric acid groups is 1. The molecule has 0 bridgehead atoms. The number of rotatable bonds is 14. The van der Waals surface area contributed by atoms with E-state index in [2.05, 4.69) is 6.92 Å². The van der Waals surface area contributed by atoms with Crippen LogP contribution in [0.5, 0.6) is 0 Å². The van der Waals surface area contributed by atoms with Crippen LogP contribution < -0.4 is 0 Å². The molecular weight excluding hydrogens is 379 g/mol. The lowest BCUT2D eigenvalue weighted by molar-refractivity contribution is -0.148. The van der Waals surface area contributed by atoms with Crippen LogP contribution in [0.25, 0.3) is 0 Å². The summed E-state index contributed by atoms with van der Waals surface area (Å²) in [6.07, 6.45) is 7.07. The summed E-state index contributed by atoms with van der Waals surface area (Å²) >= 11 is 0. The van der Waals surface area contributed by atoms with Gasteiger partial charge >= 0.3 is 13.8 Å². The molecule has 0 aliphatic rings. The van der Waals surface area contributed by atoms with E-state index in [0.29, 0.717) is 19.3 Å². The maximum Gasteiger partial charge on any atom is 0.475 e. The Morgan fingerprint density at radius 1 is 0.893 bits per heavy atom. The number of hydrogen-bond donors (Lipinski definition) is 0. The van der Waals surface area contributed by atoms with Gasteiger partial charge in [-0.2, -0.15) is 0 Å². The highest BCUT2D eigenvalue weighted by molar-refractivity contribution is 7.48. The Morgan fingerprint density at radius 2 is 1.46 bits per heavy atom. The molecule has 0 spiro atoms. The Morgan fingerprint density at radius 3 is 1.96 bits per heavy atom. The minimum atomic E-state index is -3.68. The van der Waals surface area contributed by atoms with Gasteiger partial charge in [-0.1, -0.05) is 26.2 Å². The highest BCUT2D eigenvalue weighted by Gasteiger charge is 2.36. The van der Waals surface area contributed by atoms with Crippen molar-refractivity contribution >= 4 is 13.8 Å². The lowest BCUT2D eigenvalue weighted by atomic mass is 10.1. The van der Waals surface area contributed by atoms with Crippen LogP contribution in [0, 0.1) is 0 Å². The van der Waals surface area contributed by atoms with Gasteiger partial charge in [0.1, 0.15) is 0 Å². The normalized spacial score (nSPS) is 14.1. The summed E-state index contributed by atoms with van der Waals surface area (Å²) in [7, 11) is -3.68. The third-order valence-electron chi connectivity index (χ3n) is 3.59. The van der Waals surface area contributed by atoms with E-state index in [1.165, 1.54) is 19.3 Å². The van der Waals surface area contributed by atoms with Gasteiger partial charge in [-0.3, -0.25) is 18.4 Å². The van der Waals surface area contributed by atoms with E-state index >= 15 is 0 Å². The Bertz CT molecular complexity index is 458. The molecule has 0 aromatic heterocycles. The molecule has 28 heavy (non-hydrogen) atoms. The van der Waals surface area contributed by atoms with Crippen molar-refractivity contribution in [3.8, 4) is 0 Å². The van der Waals surface area contributed by atoms with Gasteiger partial charge in [0.15, 0.2) is 0 Å². The van der Waals surface area contributed by atoms with E-state index in [4.69, 9.17) is 18.3 Å². The largest absolute Gasteiger partial charge is 0.475 e. The van der Waals surface area contributed by atoms with Crippen LogP contribution in [-0.4, -0.2) is 29.9 Å². The second-order valence-corrected chi connectivity index (χ2v) is 10.8. The van der Waals surface area contributed by atoms with Crippen molar-refractivity contribution in [1.82, 2.24) is 0 Å². The quantitative estimate of drug-likeness (QED) is 0.174. The molecule has 168 valence electrons. The molecule has 0 aliphatic carbocycles. The lowest BCUT2D eigenvalue weighted by Crippen LogP contribution is -2.24. The summed E-state index contributed by atoms with van der Waals surface area (Å²) < 4.78 is 34.9. The van der Waals surface area contributed by atoms with Crippen molar-refractivity contribution in [2.75, 3.05) is 6.61 Å². The fourth-order valence-corrected chi connectivity index (χ4v) is 4.33. The maximum absolute atomic E-state index is 12.9. The molecule has 1 atom stereocenters. The molecule has 6 nitrogen and oxygen atoms in total. The van der Waals surface area contributed by atoms with E-state index in [0.717, 1.165) is 12.8 Å². The zero-order valence-corrected chi connectivity index (χ0v) is 20.2. The predicted octanol–water partition coefficient (Wildman–Crippen LogP) is 6.81. The van der Waals surface area contributed by atoms with Crippen LogP contribution in [0.1, 0.15) is 107 Å². The van der Waals surface area contributed by atoms with Gasteiger partial charge in [-0.25, -0.2) is 4.57 Å². The molecule has 0 saturated heterocycles. The van der Waals surface area contributed by atoms with Crippen LogP contribution in [0.3, 0.4) is 0 Å². The third-order valence-corrected chi connectivity index (χ3v) is 5.63. The standard InChI is InChI=1S/C21H43O6P/c1-9-10-11-12-15-18(2)25-19(22)16-13-14-17-24-28(23,26-20(3,4)5)27-21(6,7)8/h18H,9-17H2,1-8H3. The Kier molecular flexibility index (Phi) is 12.8. The van der Waals surface area contributed by atoms with E-state index in [9.17, 15) is 9.36 Å². The fraction of sp³-hybridized carbons (Fsp3) is 0.952. The van der Waals surface area contributed by atoms with Crippen LogP contribution in [-0.2, 0) is 27.7 Å². The fourth-order valence-electron chi connectivity index (χ4n) is 2.49. The Labute approximate surface area is 172 Å². The van der Waals surface area contributed by atoms with E-state index in [-0.39, 0.29) is 18.7 Å². The number of carbonyl (C=O) groups excluding carboxylic acids is 1. The molecule has 0 aromatic carbocycles. The monoisotopic (exact) mass is 422 g/mol. The van der Waals surface area contributed by atoms with Gasteiger partial charge in [0.2, 0.25) is 0 Å². The molecule has 1 unspecified atom stereocenters. The molecule has 0 aromatic rings. The molecular formula is C21H43O6P. The van der Waals surface area contributed by atoms with Gasteiger partial charge in [0.05, 0.1) is 23.9 Å². The minimum absolute atomic E-state index is 0.0406. The first-order valence-electron chi connectivity index (χ1n) is 10.6. The van der Waals surface area contributed by atoms with Crippen molar-refractivity contribution in [1.29, 1.82) is 0 Å². The summed E-state index contributed by atoms with van der Waals surface area (Å²) in [4.78, 5) is 11.9. The molecule has 0 rings (SSSR count). The zero-order chi connectivity index (χ0) is 21.8. The molecule has 0 amide bonds. The van der Waals surface area contributed by atoms with Crippen molar-refractivity contribution in [2.45, 2.75) is 124 Å². The van der Waals surface area contributed by atoms with Crippen LogP contribution in [0.15, 0.2) is 0 Å².